The fraction of sp³-hybridized carbons (Fsp3) is 0.0698. The largest absolute Gasteiger partial charge is 0.252 e. The standard InChI is InChI=1S/C43H30N2/c1-43(2)41-32-22-20-30(27-16-18-29(19-17-27)39-26-44-38(25-45-39)28-10-4-3-5-11-28)24-31(32)21-23-37(41)40-35-14-8-6-12-33(35)34-13-7-9-15-36(34)42(40)43/h3-26H,1-2H3. The van der Waals surface area contributed by atoms with E-state index < -0.39 is 0 Å². The summed E-state index contributed by atoms with van der Waals surface area (Å²) in [5, 5.41) is 7.96. The number of fused-ring (bicyclic) bond motifs is 10. The predicted molar refractivity (Wildman–Crippen MR) is 188 cm³/mol. The molecule has 1 aromatic heterocycles. The zero-order valence-electron chi connectivity index (χ0n) is 25.3. The number of hydrogen-bond donors (Lipinski definition) is 0. The Bertz CT molecular complexity index is 2420. The average molecular weight is 575 g/mol. The predicted octanol–water partition coefficient (Wildman–Crippen LogP) is 11.2. The van der Waals surface area contributed by atoms with Crippen molar-refractivity contribution in [2.45, 2.75) is 19.3 Å². The van der Waals surface area contributed by atoms with Crippen molar-refractivity contribution in [1.29, 1.82) is 0 Å². The summed E-state index contributed by atoms with van der Waals surface area (Å²) in [6.45, 7) is 4.81. The van der Waals surface area contributed by atoms with Crippen LogP contribution in [0, 0.1) is 0 Å². The second kappa shape index (κ2) is 9.70. The number of benzene rings is 7. The van der Waals surface area contributed by atoms with Crippen molar-refractivity contribution in [2.24, 2.45) is 0 Å². The Morgan fingerprint density at radius 2 is 0.978 bits per heavy atom. The smallest absolute Gasteiger partial charge is 0.0885 e. The summed E-state index contributed by atoms with van der Waals surface area (Å²) in [6, 6.07) is 48.3. The van der Waals surface area contributed by atoms with Crippen LogP contribution in [0.4, 0.5) is 0 Å². The van der Waals surface area contributed by atoms with Gasteiger partial charge in [0.05, 0.1) is 23.8 Å². The minimum atomic E-state index is -0.131. The number of nitrogens with zero attached hydrogens (tertiary/aromatic N) is 2. The highest BCUT2D eigenvalue weighted by Gasteiger charge is 2.39. The maximum atomic E-state index is 4.71. The van der Waals surface area contributed by atoms with Crippen LogP contribution in [0.2, 0.25) is 0 Å². The lowest BCUT2D eigenvalue weighted by molar-refractivity contribution is 0.672. The molecule has 2 heteroatoms. The zero-order chi connectivity index (χ0) is 30.1. The second-order valence-corrected chi connectivity index (χ2v) is 12.6. The van der Waals surface area contributed by atoms with Gasteiger partial charge in [-0.15, -0.1) is 0 Å². The van der Waals surface area contributed by atoms with Crippen LogP contribution in [0.15, 0.2) is 146 Å². The van der Waals surface area contributed by atoms with Crippen LogP contribution in [0.3, 0.4) is 0 Å². The Kier molecular flexibility index (Phi) is 5.58. The zero-order valence-corrected chi connectivity index (χ0v) is 25.3. The molecule has 0 aliphatic heterocycles. The lowest BCUT2D eigenvalue weighted by Crippen LogP contribution is -2.16. The first-order valence-corrected chi connectivity index (χ1v) is 15.6. The summed E-state index contributed by atoms with van der Waals surface area (Å²) in [5.74, 6) is 0. The Balaban J connectivity index is 1.11. The van der Waals surface area contributed by atoms with Crippen LogP contribution in [0.25, 0.3) is 77.1 Å². The minimum Gasteiger partial charge on any atom is -0.252 e. The molecule has 0 atom stereocenters. The second-order valence-electron chi connectivity index (χ2n) is 12.6. The van der Waals surface area contributed by atoms with Gasteiger partial charge in [0.1, 0.15) is 0 Å². The number of rotatable bonds is 3. The Morgan fingerprint density at radius 3 is 1.67 bits per heavy atom. The molecule has 9 rings (SSSR count). The highest BCUT2D eigenvalue weighted by Crippen LogP contribution is 2.56. The molecular weight excluding hydrogens is 544 g/mol. The molecule has 0 radical (unpaired) electrons. The molecule has 0 saturated heterocycles. The highest BCUT2D eigenvalue weighted by atomic mass is 14.8. The highest BCUT2D eigenvalue weighted by molar-refractivity contribution is 6.19. The first-order chi connectivity index (χ1) is 22.1. The summed E-state index contributed by atoms with van der Waals surface area (Å²) < 4.78 is 0. The molecule has 0 bridgehead atoms. The van der Waals surface area contributed by atoms with Crippen LogP contribution in [-0.2, 0) is 5.41 Å². The van der Waals surface area contributed by atoms with Crippen molar-refractivity contribution in [3.8, 4) is 44.8 Å². The van der Waals surface area contributed by atoms with Crippen LogP contribution in [0.1, 0.15) is 25.0 Å². The van der Waals surface area contributed by atoms with Gasteiger partial charge in [0, 0.05) is 16.5 Å². The molecule has 8 aromatic rings. The first-order valence-electron chi connectivity index (χ1n) is 15.6. The van der Waals surface area contributed by atoms with E-state index in [1.54, 1.807) is 0 Å². The lowest BCUT2D eigenvalue weighted by atomic mass is 9.77. The molecule has 0 spiro atoms. The quantitative estimate of drug-likeness (QED) is 0.196. The molecule has 2 nitrogen and oxygen atoms in total. The van der Waals surface area contributed by atoms with Crippen molar-refractivity contribution in [2.75, 3.05) is 0 Å². The third kappa shape index (κ3) is 3.89. The van der Waals surface area contributed by atoms with E-state index in [0.717, 1.165) is 22.5 Å². The minimum absolute atomic E-state index is 0.131. The molecule has 0 saturated carbocycles. The van der Waals surface area contributed by atoms with Crippen molar-refractivity contribution < 1.29 is 0 Å². The number of aromatic nitrogens is 2. The fourth-order valence-electron chi connectivity index (χ4n) is 7.65. The molecule has 0 amide bonds. The van der Waals surface area contributed by atoms with Gasteiger partial charge >= 0.3 is 0 Å². The third-order valence-electron chi connectivity index (χ3n) is 9.71. The third-order valence-corrected chi connectivity index (χ3v) is 9.71. The topological polar surface area (TPSA) is 25.8 Å². The monoisotopic (exact) mass is 574 g/mol. The average Bonchev–Trinajstić information content (AvgIpc) is 3.36. The summed E-state index contributed by atoms with van der Waals surface area (Å²) in [6.07, 6.45) is 3.71. The van der Waals surface area contributed by atoms with Gasteiger partial charge in [-0.25, -0.2) is 0 Å². The molecule has 0 fully saturated rings. The van der Waals surface area contributed by atoms with Gasteiger partial charge in [0.2, 0.25) is 0 Å². The summed E-state index contributed by atoms with van der Waals surface area (Å²) in [5.41, 5.74) is 11.8. The number of hydrogen-bond acceptors (Lipinski definition) is 2. The molecule has 212 valence electrons. The SMILES string of the molecule is CC1(C)c2c(ccc3cc(-c4ccc(-c5cnc(-c6ccccc6)cn5)cc4)ccc23)-c2c1c1ccccc1c1ccccc21. The summed E-state index contributed by atoms with van der Waals surface area (Å²) in [7, 11) is 0. The first kappa shape index (κ1) is 25.9. The summed E-state index contributed by atoms with van der Waals surface area (Å²) >= 11 is 0. The van der Waals surface area contributed by atoms with Crippen molar-refractivity contribution >= 4 is 32.3 Å². The maximum Gasteiger partial charge on any atom is 0.0885 e. The molecular formula is C43H30N2. The van der Waals surface area contributed by atoms with Gasteiger partial charge in [-0.2, -0.15) is 0 Å². The van der Waals surface area contributed by atoms with E-state index in [4.69, 9.17) is 4.98 Å². The Labute approximate surface area is 262 Å². The van der Waals surface area contributed by atoms with Crippen LogP contribution in [0.5, 0.6) is 0 Å². The van der Waals surface area contributed by atoms with Crippen molar-refractivity contribution in [1.82, 2.24) is 9.97 Å². The normalized spacial score (nSPS) is 13.3. The molecule has 0 unspecified atom stereocenters. The van der Waals surface area contributed by atoms with E-state index in [0.29, 0.717) is 0 Å². The summed E-state index contributed by atoms with van der Waals surface area (Å²) in [4.78, 5) is 9.37. The van der Waals surface area contributed by atoms with Crippen LogP contribution < -0.4 is 0 Å². The van der Waals surface area contributed by atoms with E-state index in [1.807, 2.05) is 30.6 Å². The van der Waals surface area contributed by atoms with Gasteiger partial charge in [-0.1, -0.05) is 141 Å². The van der Waals surface area contributed by atoms with Gasteiger partial charge < -0.3 is 0 Å². The maximum absolute atomic E-state index is 4.71. The molecule has 0 N–H and O–H groups in total. The molecule has 1 aliphatic carbocycles. The van der Waals surface area contributed by atoms with Gasteiger partial charge in [0.15, 0.2) is 0 Å². The van der Waals surface area contributed by atoms with Gasteiger partial charge in [-0.3, -0.25) is 9.97 Å². The van der Waals surface area contributed by atoms with E-state index in [-0.39, 0.29) is 5.41 Å². The van der Waals surface area contributed by atoms with E-state index in [9.17, 15) is 0 Å². The fourth-order valence-corrected chi connectivity index (χ4v) is 7.65. The van der Waals surface area contributed by atoms with E-state index >= 15 is 0 Å². The van der Waals surface area contributed by atoms with Gasteiger partial charge in [-0.05, 0) is 71.8 Å². The van der Waals surface area contributed by atoms with Crippen LogP contribution in [-0.4, -0.2) is 9.97 Å². The Morgan fingerprint density at radius 1 is 0.422 bits per heavy atom. The molecule has 7 aromatic carbocycles. The van der Waals surface area contributed by atoms with E-state index in [1.165, 1.54) is 65.7 Å². The molecule has 1 heterocycles. The Hall–Kier alpha value is -5.60. The lowest BCUT2D eigenvalue weighted by Gasteiger charge is -2.25. The molecule has 1 aliphatic rings. The van der Waals surface area contributed by atoms with Crippen LogP contribution >= 0.6 is 0 Å². The van der Waals surface area contributed by atoms with Crippen molar-refractivity contribution in [3.05, 3.63) is 157 Å². The van der Waals surface area contributed by atoms with Gasteiger partial charge in [0.25, 0.3) is 0 Å². The van der Waals surface area contributed by atoms with Crippen molar-refractivity contribution in [3.63, 3.8) is 0 Å². The molecule has 45 heavy (non-hydrogen) atoms. The van der Waals surface area contributed by atoms with E-state index in [2.05, 4.69) is 134 Å².